The van der Waals surface area contributed by atoms with Gasteiger partial charge in [0, 0.05) is 68.3 Å². The number of alkyl halides is 3. The summed E-state index contributed by atoms with van der Waals surface area (Å²) in [5.41, 5.74) is -5.97. The first kappa shape index (κ1) is 89.6. The average Bonchev–Trinajstić information content (AvgIpc) is 0.852. The predicted molar refractivity (Wildman–Crippen MR) is 383 cm³/mol. The number of anilines is 3. The van der Waals surface area contributed by atoms with Crippen LogP contribution < -0.4 is 41.4 Å². The van der Waals surface area contributed by atoms with Crippen LogP contribution >= 0.6 is 134 Å². The van der Waals surface area contributed by atoms with Crippen molar-refractivity contribution in [3.8, 4) is 17.2 Å². The van der Waals surface area contributed by atoms with Crippen LogP contribution in [0, 0.1) is 34.9 Å². The molecule has 0 bridgehead atoms. The molecule has 0 unspecified atom stereocenters. The number of rotatable bonds is 28. The van der Waals surface area contributed by atoms with Gasteiger partial charge in [-0.05, 0) is 211 Å². The molecule has 0 aliphatic carbocycles. The first-order valence-corrected chi connectivity index (χ1v) is 37.8. The van der Waals surface area contributed by atoms with Gasteiger partial charge >= 0.3 is 35.8 Å². The van der Waals surface area contributed by atoms with Gasteiger partial charge in [-0.1, -0.05) is 0 Å². The molecule has 0 aliphatic heterocycles. The summed E-state index contributed by atoms with van der Waals surface area (Å²) in [6.45, 7) is 8.90. The van der Waals surface area contributed by atoms with Gasteiger partial charge in [-0.3, -0.25) is 13.3 Å². The minimum absolute atomic E-state index is 0.000959. The van der Waals surface area contributed by atoms with Gasteiger partial charge in [-0.2, -0.15) is 56.0 Å². The molecule has 3 aromatic carbocycles. The summed E-state index contributed by atoms with van der Waals surface area (Å²) < 4.78 is 201. The van der Waals surface area contributed by atoms with Crippen molar-refractivity contribution in [2.24, 2.45) is 0 Å². The fourth-order valence-corrected chi connectivity index (χ4v) is 11.7. The van der Waals surface area contributed by atoms with Crippen molar-refractivity contribution in [3.63, 3.8) is 0 Å². The summed E-state index contributed by atoms with van der Waals surface area (Å²) in [5.74, 6) is -3.64. The SMILES string of the molecule is CCOP(=O)(COS(=O)(=O)C(F)(F)F)OCC.CCOP(=O)(COc1ccc(F)c(CCNC(=S)Nc2ccc(Br)cn2)c1F)OCC.CCOc1ccc(F)c(CCNC(=S)Nc2ccc(Br)cn2)c1F.ClB(Cl)Cl.Oc1ccc(F)c(CCNC(=S)Nc2ccc(Br)cn2)c1F. The molecule has 6 aromatic rings. The van der Waals surface area contributed by atoms with E-state index in [9.17, 15) is 62.2 Å². The van der Waals surface area contributed by atoms with Crippen molar-refractivity contribution in [1.82, 2.24) is 30.9 Å². The molecule has 0 saturated heterocycles. The van der Waals surface area contributed by atoms with E-state index in [2.05, 4.69) is 108 Å². The second-order valence-electron chi connectivity index (χ2n) is 18.0. The van der Waals surface area contributed by atoms with Crippen LogP contribution in [0.3, 0.4) is 0 Å². The summed E-state index contributed by atoms with van der Waals surface area (Å²) in [5, 5.41) is 27.3. The number of benzene rings is 3. The molecule has 21 nitrogen and oxygen atoms in total. The third-order valence-electron chi connectivity index (χ3n) is 11.0. The molecule has 98 heavy (non-hydrogen) atoms. The summed E-state index contributed by atoms with van der Waals surface area (Å²) in [4.78, 5) is 11.6. The molecule has 6 rings (SSSR count). The third kappa shape index (κ3) is 34.5. The van der Waals surface area contributed by atoms with Crippen LogP contribution in [0.4, 0.5) is 57.0 Å². The lowest BCUT2D eigenvalue weighted by atomic mass is 10.1. The smallest absolute Gasteiger partial charge is 0.505 e. The first-order chi connectivity index (χ1) is 46.1. The first-order valence-electron chi connectivity index (χ1n) is 28.1. The van der Waals surface area contributed by atoms with E-state index in [1.165, 1.54) is 26.0 Å². The van der Waals surface area contributed by atoms with Crippen LogP contribution in [0.5, 0.6) is 17.2 Å². The fraction of sp³-hybridized carbons (Fsp3) is 0.345. The standard InChI is InChI=1S/C19H23BrF2N3O4PS.C16H16BrF2N3OS.C14H12BrF2N3OS.C6H12F3O6PS.BCl3/c1-3-28-30(26,29-4-2)12-27-16-7-6-15(21)14(18(16)22)9-10-23-19(31)25-17-8-5-13(20)11-24-17;1-2-23-13-5-4-12(18)11(15(13)19)7-8-20-16(24)22-14-6-3-10(17)9-21-14;15-8-1-4-12(19-7-8)20-14(22)18-6-5-9-10(16)2-3-11(21)13(9)17;1-3-13-16(10,14-4-2)5-15-17(11,12)6(7,8)9;2-1(3)4/h5-8,11H,3-4,9-10,12H2,1-2H3,(H2,23,24,25,31);3-6,9H,2,7-8H2,1H3,(H2,20,21,22,24);1-4,7,21H,5-6H2,(H2,18,19,20,22);3-5H2,1-2H3;. The summed E-state index contributed by atoms with van der Waals surface area (Å²) >= 11 is 39.6. The second kappa shape index (κ2) is 46.2. The highest BCUT2D eigenvalue weighted by atomic mass is 79.9. The summed E-state index contributed by atoms with van der Waals surface area (Å²) in [6.07, 6.45) is 3.24. The normalized spacial score (nSPS) is 11.1. The zero-order chi connectivity index (χ0) is 73.8. The van der Waals surface area contributed by atoms with E-state index in [0.717, 1.165) is 37.7 Å². The van der Waals surface area contributed by atoms with Gasteiger partial charge in [0.25, 0.3) is 0 Å². The highest BCUT2D eigenvalue weighted by molar-refractivity contribution is 9.11. The van der Waals surface area contributed by atoms with Crippen LogP contribution in [0.15, 0.2) is 105 Å². The number of hydrogen-bond donors (Lipinski definition) is 7. The van der Waals surface area contributed by atoms with Gasteiger partial charge < -0.3 is 64.6 Å². The van der Waals surface area contributed by atoms with Gasteiger partial charge in [0.05, 0.1) is 33.0 Å². The number of aromatic nitrogens is 3. The third-order valence-corrected chi connectivity index (χ3v) is 17.8. The minimum atomic E-state index is -5.80. The Labute approximate surface area is 616 Å². The number of phenols is 1. The maximum absolute atomic E-state index is 14.8. The van der Waals surface area contributed by atoms with Crippen LogP contribution in [0.25, 0.3) is 0 Å². The molecule has 3 heterocycles. The Morgan fingerprint density at radius 1 is 0.520 bits per heavy atom. The van der Waals surface area contributed by atoms with Crippen molar-refractivity contribution >= 4 is 182 Å². The molecule has 43 heteroatoms. The lowest BCUT2D eigenvalue weighted by Gasteiger charge is -2.18. The van der Waals surface area contributed by atoms with Gasteiger partial charge in [-0.25, -0.2) is 41.3 Å². The maximum atomic E-state index is 14.8. The number of aromatic hydroxyl groups is 1. The van der Waals surface area contributed by atoms with Gasteiger partial charge in [0.2, 0.25) is 0 Å². The number of pyridine rings is 3. The highest BCUT2D eigenvalue weighted by Gasteiger charge is 2.48. The van der Waals surface area contributed by atoms with E-state index in [4.69, 9.17) is 89.6 Å². The largest absolute Gasteiger partial charge is 0.523 e. The van der Waals surface area contributed by atoms with Crippen LogP contribution in [-0.2, 0) is 60.8 Å². The molecule has 0 atom stereocenters. The van der Waals surface area contributed by atoms with E-state index in [1.54, 1.807) is 69.7 Å². The average molecular weight is 1760 g/mol. The molecule has 3 aromatic heterocycles. The molecular formula is C55H63BBr3Cl3F9N9O12P2S4. The number of hydrogen-bond acceptors (Lipinski definition) is 18. The quantitative estimate of drug-likeness (QED) is 0.00601. The van der Waals surface area contributed by atoms with Crippen LogP contribution in [0.2, 0.25) is 0 Å². The zero-order valence-electron chi connectivity index (χ0n) is 51.9. The molecule has 7 N–H and O–H groups in total. The Bertz CT molecular complexity index is 3700. The van der Waals surface area contributed by atoms with Crippen molar-refractivity contribution in [2.45, 2.75) is 59.4 Å². The molecule has 542 valence electrons. The van der Waals surface area contributed by atoms with Gasteiger partial charge in [0.1, 0.15) is 34.9 Å². The molecular weight excluding hydrogens is 1700 g/mol. The lowest BCUT2D eigenvalue weighted by Crippen LogP contribution is -2.30. The molecule has 0 aliphatic rings. The van der Waals surface area contributed by atoms with Crippen molar-refractivity contribution in [1.29, 1.82) is 0 Å². The monoisotopic (exact) mass is 1750 g/mol. The Morgan fingerprint density at radius 3 is 1.14 bits per heavy atom. The molecule has 0 amide bonds. The number of ether oxygens (including phenoxy) is 2. The van der Waals surface area contributed by atoms with Gasteiger partial charge in [0.15, 0.2) is 62.7 Å². The Balaban J connectivity index is 0.000000445. The summed E-state index contributed by atoms with van der Waals surface area (Å²) in [6, 6.07) is 17.3. The van der Waals surface area contributed by atoms with Crippen LogP contribution in [-0.4, -0.2) is 120 Å². The van der Waals surface area contributed by atoms with Crippen molar-refractivity contribution in [2.75, 3.05) is 81.3 Å². The number of phenolic OH excluding ortho intramolecular Hbond substituents is 1. The Kier molecular flexibility index (Phi) is 42.3. The van der Waals surface area contributed by atoms with Crippen LogP contribution in [0.1, 0.15) is 51.3 Å². The predicted octanol–water partition coefficient (Wildman–Crippen LogP) is 16.4. The topological polar surface area (TPSA) is 264 Å². The number of nitrogens with one attached hydrogen (secondary N) is 6. The van der Waals surface area contributed by atoms with E-state index < -0.39 is 89.1 Å². The van der Waals surface area contributed by atoms with E-state index in [1.807, 2.05) is 6.07 Å². The maximum Gasteiger partial charge on any atom is 0.523 e. The van der Waals surface area contributed by atoms with Crippen molar-refractivity contribution in [3.05, 3.63) is 156 Å². The Morgan fingerprint density at radius 2 is 0.837 bits per heavy atom. The highest BCUT2D eigenvalue weighted by Crippen LogP contribution is 2.49. The molecule has 0 spiro atoms. The van der Waals surface area contributed by atoms with E-state index in [-0.39, 0.29) is 104 Å². The van der Waals surface area contributed by atoms with Gasteiger partial charge in [-0.15, -0.1) is 0 Å². The van der Waals surface area contributed by atoms with Crippen molar-refractivity contribution < 1.29 is 93.9 Å². The zero-order valence-corrected chi connectivity index (χ0v) is 64.0. The molecule has 0 saturated carbocycles. The van der Waals surface area contributed by atoms with E-state index in [0.29, 0.717) is 29.2 Å². The molecule has 0 radical (unpaired) electrons. The number of halogens is 15. The Hall–Kier alpha value is -4.47. The van der Waals surface area contributed by atoms with E-state index >= 15 is 0 Å². The second-order valence-corrected chi connectivity index (χ2v) is 29.6. The number of nitrogens with zero attached hydrogens (tertiary/aromatic N) is 3. The lowest BCUT2D eigenvalue weighted by molar-refractivity contribution is -0.0534. The fourth-order valence-electron chi connectivity index (χ4n) is 6.90. The molecule has 0 fully saturated rings. The number of thiocarbonyl (C=S) groups is 3. The summed E-state index contributed by atoms with van der Waals surface area (Å²) in [7, 11) is -13.3. The minimum Gasteiger partial charge on any atom is -0.505 e.